The van der Waals surface area contributed by atoms with Gasteiger partial charge >= 0.3 is 0 Å². The summed E-state index contributed by atoms with van der Waals surface area (Å²) in [6.07, 6.45) is 5.68. The van der Waals surface area contributed by atoms with E-state index in [0.717, 1.165) is 18.1 Å². The van der Waals surface area contributed by atoms with Gasteiger partial charge in [0.1, 0.15) is 0 Å². The molecule has 3 nitrogen and oxygen atoms in total. The molecule has 1 aromatic heterocycles. The number of nitrogens with zero attached hydrogens (tertiary/aromatic N) is 2. The molecule has 0 fully saturated rings. The monoisotopic (exact) mass is 291 g/mol. The Kier molecular flexibility index (Phi) is 4.84. The second-order valence-corrected chi connectivity index (χ2v) is 6.62. The Morgan fingerprint density at radius 1 is 1.25 bits per heavy atom. The lowest BCUT2D eigenvalue weighted by Crippen LogP contribution is -2.42. The van der Waals surface area contributed by atoms with E-state index in [4.69, 9.17) is 11.6 Å². The number of imidazole rings is 1. The van der Waals surface area contributed by atoms with Gasteiger partial charge in [-0.25, -0.2) is 4.98 Å². The average molecular weight is 292 g/mol. The minimum atomic E-state index is 0.177. The lowest BCUT2D eigenvalue weighted by molar-refractivity contribution is 0.240. The van der Waals surface area contributed by atoms with Crippen LogP contribution in [0.5, 0.6) is 0 Å². The van der Waals surface area contributed by atoms with Crippen LogP contribution in [0.2, 0.25) is 5.02 Å². The Morgan fingerprint density at radius 3 is 2.50 bits per heavy atom. The minimum absolute atomic E-state index is 0.177. The topological polar surface area (TPSA) is 29.9 Å². The van der Waals surface area contributed by atoms with Gasteiger partial charge in [0.15, 0.2) is 0 Å². The highest BCUT2D eigenvalue weighted by Gasteiger charge is 2.24. The van der Waals surface area contributed by atoms with Crippen molar-refractivity contribution in [2.75, 3.05) is 0 Å². The SMILES string of the molecule is CC(C)(C)C(Cn1ccnc1)NCc1ccc(Cl)cc1. The molecule has 1 aromatic carbocycles. The summed E-state index contributed by atoms with van der Waals surface area (Å²) in [6.45, 7) is 8.52. The molecule has 0 amide bonds. The number of benzene rings is 1. The van der Waals surface area contributed by atoms with E-state index in [1.807, 2.05) is 30.9 Å². The molecule has 2 rings (SSSR count). The van der Waals surface area contributed by atoms with Crippen LogP contribution in [0.15, 0.2) is 43.0 Å². The van der Waals surface area contributed by atoms with Crippen molar-refractivity contribution in [1.82, 2.24) is 14.9 Å². The van der Waals surface area contributed by atoms with Gasteiger partial charge in [0.05, 0.1) is 6.33 Å². The number of aromatic nitrogens is 2. The van der Waals surface area contributed by atoms with Crippen LogP contribution in [0.1, 0.15) is 26.3 Å². The normalized spacial score (nSPS) is 13.4. The molecule has 1 heterocycles. The Morgan fingerprint density at radius 2 is 1.95 bits per heavy atom. The molecule has 0 bridgehead atoms. The summed E-state index contributed by atoms with van der Waals surface area (Å²) in [7, 11) is 0. The van der Waals surface area contributed by atoms with Crippen LogP contribution in [0.4, 0.5) is 0 Å². The van der Waals surface area contributed by atoms with Crippen LogP contribution < -0.4 is 5.32 Å². The smallest absolute Gasteiger partial charge is 0.0946 e. The van der Waals surface area contributed by atoms with Gasteiger partial charge in [-0.1, -0.05) is 44.5 Å². The van der Waals surface area contributed by atoms with Gasteiger partial charge in [-0.2, -0.15) is 0 Å². The van der Waals surface area contributed by atoms with Gasteiger partial charge in [-0.05, 0) is 23.1 Å². The molecule has 20 heavy (non-hydrogen) atoms. The molecular formula is C16H22ClN3. The van der Waals surface area contributed by atoms with Crippen LogP contribution in [0, 0.1) is 5.41 Å². The molecule has 108 valence electrons. The summed E-state index contributed by atoms with van der Waals surface area (Å²) in [5.41, 5.74) is 1.42. The summed E-state index contributed by atoms with van der Waals surface area (Å²) < 4.78 is 2.12. The predicted octanol–water partition coefficient (Wildman–Crippen LogP) is 3.74. The molecule has 0 saturated carbocycles. The first-order chi connectivity index (χ1) is 9.45. The van der Waals surface area contributed by atoms with E-state index in [0.29, 0.717) is 6.04 Å². The van der Waals surface area contributed by atoms with Crippen molar-refractivity contribution < 1.29 is 0 Å². The van der Waals surface area contributed by atoms with Crippen LogP contribution in [0.3, 0.4) is 0 Å². The van der Waals surface area contributed by atoms with Crippen LogP contribution in [-0.2, 0) is 13.1 Å². The third kappa shape index (κ3) is 4.36. The summed E-state index contributed by atoms with van der Waals surface area (Å²) in [4.78, 5) is 4.11. The second kappa shape index (κ2) is 6.42. The minimum Gasteiger partial charge on any atom is -0.336 e. The fraction of sp³-hybridized carbons (Fsp3) is 0.438. The van der Waals surface area contributed by atoms with Gasteiger partial charge in [0, 0.05) is 36.5 Å². The molecule has 1 unspecified atom stereocenters. The van der Waals surface area contributed by atoms with Gasteiger partial charge in [-0.3, -0.25) is 0 Å². The zero-order valence-electron chi connectivity index (χ0n) is 12.3. The Bertz CT molecular complexity index is 512. The quantitative estimate of drug-likeness (QED) is 0.909. The maximum atomic E-state index is 5.91. The van der Waals surface area contributed by atoms with E-state index < -0.39 is 0 Å². The van der Waals surface area contributed by atoms with Gasteiger partial charge in [-0.15, -0.1) is 0 Å². The Hall–Kier alpha value is -1.32. The first-order valence-electron chi connectivity index (χ1n) is 6.89. The summed E-state index contributed by atoms with van der Waals surface area (Å²) >= 11 is 5.91. The second-order valence-electron chi connectivity index (χ2n) is 6.19. The molecule has 0 aliphatic carbocycles. The van der Waals surface area contributed by atoms with Gasteiger partial charge in [0.25, 0.3) is 0 Å². The van der Waals surface area contributed by atoms with Crippen molar-refractivity contribution in [3.8, 4) is 0 Å². The summed E-state index contributed by atoms with van der Waals surface area (Å²) in [6, 6.07) is 8.35. The third-order valence-corrected chi connectivity index (χ3v) is 3.72. The number of rotatable bonds is 5. The van der Waals surface area contributed by atoms with Crippen molar-refractivity contribution in [3.05, 3.63) is 53.6 Å². The summed E-state index contributed by atoms with van der Waals surface area (Å²) in [5.74, 6) is 0. The lowest BCUT2D eigenvalue weighted by atomic mass is 9.86. The highest BCUT2D eigenvalue weighted by Crippen LogP contribution is 2.21. The van der Waals surface area contributed by atoms with Gasteiger partial charge < -0.3 is 9.88 Å². The molecule has 1 atom stereocenters. The van der Waals surface area contributed by atoms with Crippen molar-refractivity contribution in [2.45, 2.75) is 39.9 Å². The molecule has 0 aliphatic rings. The maximum absolute atomic E-state index is 5.91. The fourth-order valence-corrected chi connectivity index (χ4v) is 2.22. The van der Waals surface area contributed by atoms with E-state index in [-0.39, 0.29) is 5.41 Å². The first kappa shape index (κ1) is 15.1. The number of nitrogens with one attached hydrogen (secondary N) is 1. The maximum Gasteiger partial charge on any atom is 0.0946 e. The van der Waals surface area contributed by atoms with E-state index in [9.17, 15) is 0 Å². The standard InChI is InChI=1S/C16H22ClN3/c1-16(2,3)15(11-20-9-8-18-12-20)19-10-13-4-6-14(17)7-5-13/h4-9,12,15,19H,10-11H2,1-3H3. The number of halogens is 1. The molecule has 4 heteroatoms. The van der Waals surface area contributed by atoms with Gasteiger partial charge in [0.2, 0.25) is 0 Å². The zero-order chi connectivity index (χ0) is 14.6. The van der Waals surface area contributed by atoms with Crippen molar-refractivity contribution in [2.24, 2.45) is 5.41 Å². The van der Waals surface area contributed by atoms with Crippen molar-refractivity contribution >= 4 is 11.6 Å². The van der Waals surface area contributed by atoms with Crippen molar-refractivity contribution in [3.63, 3.8) is 0 Å². The molecule has 0 radical (unpaired) electrons. The van der Waals surface area contributed by atoms with E-state index in [1.165, 1.54) is 5.56 Å². The van der Waals surface area contributed by atoms with Crippen LogP contribution in [0.25, 0.3) is 0 Å². The molecular weight excluding hydrogens is 270 g/mol. The molecule has 0 spiro atoms. The first-order valence-corrected chi connectivity index (χ1v) is 7.26. The molecule has 2 aromatic rings. The highest BCUT2D eigenvalue weighted by molar-refractivity contribution is 6.30. The number of hydrogen-bond acceptors (Lipinski definition) is 2. The molecule has 0 saturated heterocycles. The molecule has 1 N–H and O–H groups in total. The Balaban J connectivity index is 1.99. The average Bonchev–Trinajstić information content (AvgIpc) is 2.88. The Labute approximate surface area is 126 Å². The number of hydrogen-bond donors (Lipinski definition) is 1. The lowest BCUT2D eigenvalue weighted by Gasteiger charge is -2.32. The van der Waals surface area contributed by atoms with E-state index >= 15 is 0 Å². The zero-order valence-corrected chi connectivity index (χ0v) is 13.1. The largest absolute Gasteiger partial charge is 0.336 e. The van der Waals surface area contributed by atoms with Crippen molar-refractivity contribution in [1.29, 1.82) is 0 Å². The third-order valence-electron chi connectivity index (χ3n) is 3.46. The van der Waals surface area contributed by atoms with Crippen LogP contribution in [-0.4, -0.2) is 15.6 Å². The fourth-order valence-electron chi connectivity index (χ4n) is 2.09. The highest BCUT2D eigenvalue weighted by atomic mass is 35.5. The van der Waals surface area contributed by atoms with Crippen LogP contribution >= 0.6 is 11.6 Å². The molecule has 0 aliphatic heterocycles. The van der Waals surface area contributed by atoms with E-state index in [2.05, 4.69) is 47.8 Å². The summed E-state index contributed by atoms with van der Waals surface area (Å²) in [5, 5.41) is 4.42. The predicted molar refractivity (Wildman–Crippen MR) is 83.8 cm³/mol. The van der Waals surface area contributed by atoms with E-state index in [1.54, 1.807) is 0 Å².